The summed E-state index contributed by atoms with van der Waals surface area (Å²) in [5.74, 6) is 0.625. The van der Waals surface area contributed by atoms with Crippen molar-refractivity contribution in [2.75, 3.05) is 7.11 Å². The Balaban J connectivity index is 2.37. The quantitative estimate of drug-likeness (QED) is 0.716. The average molecular weight is 343 g/mol. The van der Waals surface area contributed by atoms with Crippen molar-refractivity contribution in [3.05, 3.63) is 40.6 Å². The van der Waals surface area contributed by atoms with E-state index in [1.165, 1.54) is 0 Å². The Morgan fingerprint density at radius 3 is 2.76 bits per heavy atom. The van der Waals surface area contributed by atoms with Crippen molar-refractivity contribution in [3.63, 3.8) is 0 Å². The molecule has 0 spiro atoms. The Hall–Kier alpha value is -2.39. The number of methoxy groups -OCH3 is 1. The molecule has 0 fully saturated rings. The van der Waals surface area contributed by atoms with Crippen LogP contribution in [0.5, 0.6) is 5.75 Å². The molecule has 2 aromatic heterocycles. The van der Waals surface area contributed by atoms with E-state index in [0.717, 1.165) is 26.6 Å². The largest absolute Gasteiger partial charge is 0.495 e. The summed E-state index contributed by atoms with van der Waals surface area (Å²) in [6.45, 7) is 0. The molecule has 0 radical (unpaired) electrons. The second kappa shape index (κ2) is 5.19. The van der Waals surface area contributed by atoms with E-state index < -0.39 is 0 Å². The fourth-order valence-electron chi connectivity index (χ4n) is 2.32. The lowest BCUT2D eigenvalue weighted by atomic mass is 10.00. The van der Waals surface area contributed by atoms with Gasteiger partial charge < -0.3 is 4.74 Å². The summed E-state index contributed by atoms with van der Waals surface area (Å²) in [4.78, 5) is 4.32. The summed E-state index contributed by atoms with van der Waals surface area (Å²) >= 11 is 3.48. The first-order chi connectivity index (χ1) is 10.2. The van der Waals surface area contributed by atoms with Crippen molar-refractivity contribution < 1.29 is 4.74 Å². The minimum atomic E-state index is 0.559. The molecule has 5 nitrogen and oxygen atoms in total. The lowest BCUT2D eigenvalue weighted by molar-refractivity contribution is 0.414. The third kappa shape index (κ3) is 2.16. The maximum Gasteiger partial charge on any atom is 0.137 e. The van der Waals surface area contributed by atoms with Gasteiger partial charge in [0, 0.05) is 18.0 Å². The highest BCUT2D eigenvalue weighted by molar-refractivity contribution is 9.10. The molecule has 0 unspecified atom stereocenters. The van der Waals surface area contributed by atoms with Gasteiger partial charge in [-0.3, -0.25) is 9.67 Å². The standard InChI is InChI=1S/C15H11BrN4O/c1-20-15(13(16)8-19-20)10-3-4-14-11(12(10)6-17)5-9(21-2)7-18-14/h3-5,7-8H,1-2H3. The summed E-state index contributed by atoms with van der Waals surface area (Å²) in [5.41, 5.74) is 2.99. The van der Waals surface area contributed by atoms with Gasteiger partial charge in [-0.05, 0) is 34.1 Å². The molecule has 0 aliphatic heterocycles. The summed E-state index contributed by atoms with van der Waals surface area (Å²) in [6, 6.07) is 7.89. The molecular weight excluding hydrogens is 332 g/mol. The van der Waals surface area contributed by atoms with Crippen molar-refractivity contribution >= 4 is 26.8 Å². The lowest BCUT2D eigenvalue weighted by Crippen LogP contribution is -1.97. The smallest absolute Gasteiger partial charge is 0.137 e. The van der Waals surface area contributed by atoms with E-state index in [-0.39, 0.29) is 0 Å². The number of aryl methyl sites for hydroxylation is 1. The third-order valence-corrected chi connectivity index (χ3v) is 3.92. The molecule has 3 rings (SSSR count). The molecule has 6 heteroatoms. The van der Waals surface area contributed by atoms with Crippen LogP contribution in [-0.4, -0.2) is 21.9 Å². The number of aromatic nitrogens is 3. The molecule has 104 valence electrons. The summed E-state index contributed by atoms with van der Waals surface area (Å²) in [7, 11) is 3.42. The van der Waals surface area contributed by atoms with Crippen molar-refractivity contribution in [3.8, 4) is 23.1 Å². The first-order valence-corrected chi connectivity index (χ1v) is 6.99. The Morgan fingerprint density at radius 1 is 1.33 bits per heavy atom. The van der Waals surface area contributed by atoms with E-state index in [9.17, 15) is 5.26 Å². The molecule has 0 aliphatic carbocycles. The zero-order valence-corrected chi connectivity index (χ0v) is 13.0. The molecular formula is C15H11BrN4O. The van der Waals surface area contributed by atoms with Gasteiger partial charge in [0.2, 0.25) is 0 Å². The van der Waals surface area contributed by atoms with Gasteiger partial charge in [-0.1, -0.05) is 0 Å². The van der Waals surface area contributed by atoms with Crippen LogP contribution in [-0.2, 0) is 7.05 Å². The van der Waals surface area contributed by atoms with E-state index in [0.29, 0.717) is 11.3 Å². The maximum absolute atomic E-state index is 9.60. The van der Waals surface area contributed by atoms with E-state index >= 15 is 0 Å². The van der Waals surface area contributed by atoms with Gasteiger partial charge in [0.15, 0.2) is 0 Å². The predicted octanol–water partition coefficient (Wildman–Crippen LogP) is 3.28. The van der Waals surface area contributed by atoms with Gasteiger partial charge in [0.25, 0.3) is 0 Å². The fourth-order valence-corrected chi connectivity index (χ4v) is 2.88. The molecule has 3 aromatic rings. The van der Waals surface area contributed by atoms with E-state index in [2.05, 4.69) is 32.1 Å². The number of nitrogens with zero attached hydrogens (tertiary/aromatic N) is 4. The normalized spacial score (nSPS) is 10.6. The van der Waals surface area contributed by atoms with Crippen LogP contribution in [0, 0.1) is 11.3 Å². The minimum Gasteiger partial charge on any atom is -0.495 e. The number of fused-ring (bicyclic) bond motifs is 1. The number of rotatable bonds is 2. The van der Waals surface area contributed by atoms with Crippen molar-refractivity contribution in [2.45, 2.75) is 0 Å². The van der Waals surface area contributed by atoms with Gasteiger partial charge in [-0.2, -0.15) is 10.4 Å². The van der Waals surface area contributed by atoms with E-state index in [4.69, 9.17) is 4.74 Å². The summed E-state index contributed by atoms with van der Waals surface area (Å²) in [5, 5.41) is 14.6. The summed E-state index contributed by atoms with van der Waals surface area (Å²) in [6.07, 6.45) is 3.35. The van der Waals surface area contributed by atoms with Crippen LogP contribution >= 0.6 is 15.9 Å². The van der Waals surface area contributed by atoms with Crippen molar-refractivity contribution in [1.82, 2.24) is 14.8 Å². The van der Waals surface area contributed by atoms with Crippen LogP contribution < -0.4 is 4.74 Å². The van der Waals surface area contributed by atoms with Crippen LogP contribution in [0.25, 0.3) is 22.2 Å². The zero-order chi connectivity index (χ0) is 15.0. The maximum atomic E-state index is 9.60. The second-order valence-corrected chi connectivity index (χ2v) is 5.36. The van der Waals surface area contributed by atoms with Crippen molar-refractivity contribution in [2.24, 2.45) is 7.05 Å². The number of benzene rings is 1. The summed E-state index contributed by atoms with van der Waals surface area (Å²) < 4.78 is 7.78. The van der Waals surface area contributed by atoms with Gasteiger partial charge in [0.05, 0.1) is 40.8 Å². The van der Waals surface area contributed by atoms with Gasteiger partial charge >= 0.3 is 0 Å². The van der Waals surface area contributed by atoms with Crippen LogP contribution in [0.4, 0.5) is 0 Å². The molecule has 0 saturated carbocycles. The Morgan fingerprint density at radius 2 is 2.14 bits per heavy atom. The SMILES string of the molecule is COc1cnc2ccc(-c3c(Br)cnn3C)c(C#N)c2c1. The number of pyridine rings is 1. The molecule has 0 saturated heterocycles. The monoisotopic (exact) mass is 342 g/mol. The average Bonchev–Trinajstić information content (AvgIpc) is 2.84. The third-order valence-electron chi connectivity index (χ3n) is 3.34. The molecule has 0 aliphatic rings. The highest BCUT2D eigenvalue weighted by Crippen LogP contribution is 2.34. The Labute approximate surface area is 129 Å². The number of halogens is 1. The fraction of sp³-hybridized carbons (Fsp3) is 0.133. The van der Waals surface area contributed by atoms with E-state index in [1.807, 2.05) is 25.2 Å². The molecule has 0 atom stereocenters. The predicted molar refractivity (Wildman–Crippen MR) is 82.9 cm³/mol. The van der Waals surface area contributed by atoms with Gasteiger partial charge in [-0.25, -0.2) is 0 Å². The van der Waals surface area contributed by atoms with Crippen LogP contribution in [0.1, 0.15) is 5.56 Å². The minimum absolute atomic E-state index is 0.559. The number of hydrogen-bond acceptors (Lipinski definition) is 4. The topological polar surface area (TPSA) is 63.7 Å². The first kappa shape index (κ1) is 13.6. The molecule has 2 heterocycles. The molecule has 0 amide bonds. The highest BCUT2D eigenvalue weighted by Gasteiger charge is 2.16. The van der Waals surface area contributed by atoms with Gasteiger partial charge in [0.1, 0.15) is 11.8 Å². The van der Waals surface area contributed by atoms with Crippen LogP contribution in [0.3, 0.4) is 0 Å². The Bertz CT molecular complexity index is 860. The van der Waals surface area contributed by atoms with Crippen molar-refractivity contribution in [1.29, 1.82) is 5.26 Å². The second-order valence-electron chi connectivity index (χ2n) is 4.51. The molecule has 0 N–H and O–H groups in total. The molecule has 1 aromatic carbocycles. The van der Waals surface area contributed by atoms with Crippen LogP contribution in [0.15, 0.2) is 35.1 Å². The van der Waals surface area contributed by atoms with Gasteiger partial charge in [-0.15, -0.1) is 0 Å². The number of nitriles is 1. The van der Waals surface area contributed by atoms with Crippen LogP contribution in [0.2, 0.25) is 0 Å². The molecule has 0 bridgehead atoms. The zero-order valence-electron chi connectivity index (χ0n) is 11.5. The number of hydrogen-bond donors (Lipinski definition) is 0. The van der Waals surface area contributed by atoms with E-state index in [1.54, 1.807) is 24.2 Å². The molecule has 21 heavy (non-hydrogen) atoms. The highest BCUT2D eigenvalue weighted by atomic mass is 79.9. The number of ether oxygens (including phenoxy) is 1. The Kier molecular flexibility index (Phi) is 3.35. The lowest BCUT2D eigenvalue weighted by Gasteiger charge is -2.09. The first-order valence-electron chi connectivity index (χ1n) is 6.20.